The lowest BCUT2D eigenvalue weighted by molar-refractivity contribution is 0.0692. The molecule has 2 rings (SSSR count). The third-order valence-electron chi connectivity index (χ3n) is 3.75. The van der Waals surface area contributed by atoms with E-state index >= 15 is 0 Å². The molecule has 104 valence electrons. The average Bonchev–Trinajstić information content (AvgIpc) is 2.75. The fourth-order valence-electron chi connectivity index (χ4n) is 2.67. The minimum atomic E-state index is -1.31. The molecule has 0 heterocycles. The van der Waals surface area contributed by atoms with Crippen LogP contribution in [0.3, 0.4) is 0 Å². The van der Waals surface area contributed by atoms with Crippen molar-refractivity contribution in [2.45, 2.75) is 26.2 Å². The molecule has 0 aromatic heterocycles. The minimum Gasteiger partial charge on any atom is -0.478 e. The van der Waals surface area contributed by atoms with Gasteiger partial charge in [0.05, 0.1) is 16.9 Å². The highest BCUT2D eigenvalue weighted by atomic mass is 19.1. The van der Waals surface area contributed by atoms with Gasteiger partial charge in [0.15, 0.2) is 0 Å². The zero-order valence-electron chi connectivity index (χ0n) is 10.9. The average molecular weight is 266 g/mol. The number of nitrogens with two attached hydrogens (primary N) is 1. The van der Waals surface area contributed by atoms with Crippen molar-refractivity contribution in [3.63, 3.8) is 0 Å². The van der Waals surface area contributed by atoms with E-state index in [0.29, 0.717) is 11.6 Å². The number of aromatic carboxylic acids is 1. The molecular formula is C14H19FN2O2. The van der Waals surface area contributed by atoms with Crippen LogP contribution in [0.1, 0.15) is 36.5 Å². The topological polar surface area (TPSA) is 75.3 Å². The summed E-state index contributed by atoms with van der Waals surface area (Å²) in [7, 11) is 0. The fourth-order valence-corrected chi connectivity index (χ4v) is 2.67. The number of nitrogen functional groups attached to an aromatic ring is 1. The summed E-state index contributed by atoms with van der Waals surface area (Å²) >= 11 is 0. The van der Waals surface area contributed by atoms with Crippen LogP contribution in [0.25, 0.3) is 0 Å². The van der Waals surface area contributed by atoms with Gasteiger partial charge < -0.3 is 16.2 Å². The van der Waals surface area contributed by atoms with Gasteiger partial charge in [-0.1, -0.05) is 13.3 Å². The van der Waals surface area contributed by atoms with Crippen LogP contribution in [0.4, 0.5) is 15.8 Å². The Bertz CT molecular complexity index is 491. The van der Waals surface area contributed by atoms with E-state index in [-0.39, 0.29) is 5.69 Å². The number of hydrogen-bond acceptors (Lipinski definition) is 3. The summed E-state index contributed by atoms with van der Waals surface area (Å²) in [6.07, 6.45) is 3.57. The van der Waals surface area contributed by atoms with Gasteiger partial charge >= 0.3 is 5.97 Å². The van der Waals surface area contributed by atoms with Gasteiger partial charge in [0.1, 0.15) is 5.82 Å². The molecule has 0 saturated heterocycles. The number of carboxylic acid groups (broad SMARTS) is 1. The Kier molecular flexibility index (Phi) is 3.93. The molecule has 1 aromatic carbocycles. The van der Waals surface area contributed by atoms with Gasteiger partial charge in [-0.15, -0.1) is 0 Å². The number of rotatable bonds is 4. The van der Waals surface area contributed by atoms with E-state index < -0.39 is 17.3 Å². The smallest absolute Gasteiger partial charge is 0.338 e. The van der Waals surface area contributed by atoms with Gasteiger partial charge in [0.25, 0.3) is 0 Å². The van der Waals surface area contributed by atoms with E-state index in [1.54, 1.807) is 0 Å². The molecule has 0 bridgehead atoms. The zero-order valence-corrected chi connectivity index (χ0v) is 10.9. The number of halogens is 1. The molecule has 4 nitrogen and oxygen atoms in total. The second kappa shape index (κ2) is 5.47. The third-order valence-corrected chi connectivity index (χ3v) is 3.75. The largest absolute Gasteiger partial charge is 0.478 e. The van der Waals surface area contributed by atoms with Gasteiger partial charge in [0, 0.05) is 6.54 Å². The number of benzene rings is 1. The second-order valence-corrected chi connectivity index (χ2v) is 5.39. The Hall–Kier alpha value is -1.78. The maximum atomic E-state index is 13.6. The maximum Gasteiger partial charge on any atom is 0.338 e. The van der Waals surface area contributed by atoms with Crippen LogP contribution in [0.2, 0.25) is 0 Å². The van der Waals surface area contributed by atoms with Crippen molar-refractivity contribution in [1.82, 2.24) is 0 Å². The number of anilines is 2. The van der Waals surface area contributed by atoms with Crippen molar-refractivity contribution in [1.29, 1.82) is 0 Å². The predicted octanol–water partition coefficient (Wildman–Crippen LogP) is 2.95. The first-order valence-corrected chi connectivity index (χ1v) is 6.53. The molecule has 19 heavy (non-hydrogen) atoms. The molecule has 1 aliphatic rings. The number of nitrogens with one attached hydrogen (secondary N) is 1. The molecule has 0 amide bonds. The van der Waals surface area contributed by atoms with Gasteiger partial charge in [-0.25, -0.2) is 9.18 Å². The Labute approximate surface area is 111 Å². The summed E-state index contributed by atoms with van der Waals surface area (Å²) in [5.41, 5.74) is 6.10. The number of hydrogen-bond donors (Lipinski definition) is 3. The molecule has 0 spiro atoms. The van der Waals surface area contributed by atoms with Gasteiger partial charge in [-0.2, -0.15) is 0 Å². The van der Waals surface area contributed by atoms with Crippen LogP contribution in [0.15, 0.2) is 12.1 Å². The summed E-state index contributed by atoms with van der Waals surface area (Å²) in [4.78, 5) is 10.8. The van der Waals surface area contributed by atoms with Gasteiger partial charge in [0.2, 0.25) is 0 Å². The standard InChI is InChI=1S/C14H19FN2O2/c1-8-2-3-9(4-8)7-17-13-6-11(15)10(14(18)19)5-12(13)16/h5-6,8-9,17H,2-4,7,16H2,1H3,(H,18,19). The van der Waals surface area contributed by atoms with E-state index in [0.717, 1.165) is 24.6 Å². The molecule has 1 aliphatic carbocycles. The lowest BCUT2D eigenvalue weighted by atomic mass is 10.1. The van der Waals surface area contributed by atoms with Crippen LogP contribution < -0.4 is 11.1 Å². The number of carboxylic acids is 1. The minimum absolute atomic E-state index is 0.268. The second-order valence-electron chi connectivity index (χ2n) is 5.39. The summed E-state index contributed by atoms with van der Waals surface area (Å²) in [6, 6.07) is 2.33. The van der Waals surface area contributed by atoms with E-state index in [4.69, 9.17) is 10.8 Å². The van der Waals surface area contributed by atoms with Crippen LogP contribution in [0.5, 0.6) is 0 Å². The monoisotopic (exact) mass is 266 g/mol. The summed E-state index contributed by atoms with van der Waals surface area (Å²) in [5, 5.41) is 11.9. The van der Waals surface area contributed by atoms with E-state index in [1.807, 2.05) is 0 Å². The summed E-state index contributed by atoms with van der Waals surface area (Å²) in [5.74, 6) is -0.740. The first kappa shape index (κ1) is 13.6. The molecule has 2 atom stereocenters. The molecule has 0 aliphatic heterocycles. The normalized spacial score (nSPS) is 22.4. The van der Waals surface area contributed by atoms with Gasteiger partial charge in [-0.3, -0.25) is 0 Å². The van der Waals surface area contributed by atoms with Crippen LogP contribution in [-0.2, 0) is 0 Å². The van der Waals surface area contributed by atoms with Gasteiger partial charge in [-0.05, 0) is 36.8 Å². The molecule has 5 heteroatoms. The van der Waals surface area contributed by atoms with Crippen molar-refractivity contribution in [3.8, 4) is 0 Å². The highest BCUT2D eigenvalue weighted by Gasteiger charge is 2.21. The van der Waals surface area contributed by atoms with Crippen LogP contribution in [0, 0.1) is 17.7 Å². The first-order valence-electron chi connectivity index (χ1n) is 6.53. The molecule has 4 N–H and O–H groups in total. The Morgan fingerprint density at radius 3 is 2.84 bits per heavy atom. The fraction of sp³-hybridized carbons (Fsp3) is 0.500. The lowest BCUT2D eigenvalue weighted by Crippen LogP contribution is -2.13. The summed E-state index contributed by atoms with van der Waals surface area (Å²) in [6.45, 7) is 2.98. The van der Waals surface area contributed by atoms with Crippen molar-refractivity contribution >= 4 is 17.3 Å². The van der Waals surface area contributed by atoms with Crippen molar-refractivity contribution in [2.75, 3.05) is 17.6 Å². The first-order chi connectivity index (χ1) is 8.97. The number of carbonyl (C=O) groups is 1. The molecule has 1 fully saturated rings. The third kappa shape index (κ3) is 3.16. The van der Waals surface area contributed by atoms with E-state index in [1.165, 1.54) is 19.3 Å². The molecule has 1 aromatic rings. The van der Waals surface area contributed by atoms with E-state index in [9.17, 15) is 9.18 Å². The Morgan fingerprint density at radius 2 is 2.26 bits per heavy atom. The predicted molar refractivity (Wildman–Crippen MR) is 72.8 cm³/mol. The van der Waals surface area contributed by atoms with Crippen LogP contribution in [-0.4, -0.2) is 17.6 Å². The zero-order chi connectivity index (χ0) is 14.0. The SMILES string of the molecule is CC1CCC(CNc2cc(F)c(C(=O)O)cc2N)C1. The Balaban J connectivity index is 2.04. The van der Waals surface area contributed by atoms with Crippen molar-refractivity contribution in [2.24, 2.45) is 11.8 Å². The molecular weight excluding hydrogens is 247 g/mol. The Morgan fingerprint density at radius 1 is 1.53 bits per heavy atom. The molecule has 0 radical (unpaired) electrons. The van der Waals surface area contributed by atoms with Crippen LogP contribution >= 0.6 is 0 Å². The molecule has 1 saturated carbocycles. The highest BCUT2D eigenvalue weighted by molar-refractivity contribution is 5.90. The highest BCUT2D eigenvalue weighted by Crippen LogP contribution is 2.31. The van der Waals surface area contributed by atoms with Crippen molar-refractivity contribution < 1.29 is 14.3 Å². The summed E-state index contributed by atoms with van der Waals surface area (Å²) < 4.78 is 13.6. The maximum absolute atomic E-state index is 13.6. The quantitative estimate of drug-likeness (QED) is 0.732. The van der Waals surface area contributed by atoms with Crippen molar-refractivity contribution in [3.05, 3.63) is 23.5 Å². The van der Waals surface area contributed by atoms with E-state index in [2.05, 4.69) is 12.2 Å². The molecule has 2 unspecified atom stereocenters. The lowest BCUT2D eigenvalue weighted by Gasteiger charge is -2.14.